The quantitative estimate of drug-likeness (QED) is 0.895. The number of halogens is 2. The largest absolute Gasteiger partial charge is 0.314 e. The van der Waals surface area contributed by atoms with Crippen LogP contribution in [0.25, 0.3) is 10.9 Å². The number of nitrogens with one attached hydrogen (secondary N) is 1. The van der Waals surface area contributed by atoms with Crippen molar-refractivity contribution in [3.63, 3.8) is 0 Å². The Kier molecular flexibility index (Phi) is 8.27. The maximum Gasteiger partial charge on any atom is 0.0706 e. The number of piperazine rings is 1. The molecule has 3 nitrogen and oxygen atoms in total. The molecule has 23 heavy (non-hydrogen) atoms. The lowest BCUT2D eigenvalue weighted by molar-refractivity contribution is 0.151. The molecule has 1 fully saturated rings. The zero-order chi connectivity index (χ0) is 14.7. The minimum atomic E-state index is 0. The molecule has 1 saturated heterocycles. The van der Waals surface area contributed by atoms with Gasteiger partial charge in [0.05, 0.1) is 17.3 Å². The molecular weight excluding hydrogens is 329 g/mol. The lowest BCUT2D eigenvalue weighted by atomic mass is 9.98. The minimum absolute atomic E-state index is 0. The van der Waals surface area contributed by atoms with E-state index in [1.807, 2.05) is 0 Å². The number of hydrogen-bond acceptors (Lipinski definition) is 3. The van der Waals surface area contributed by atoms with E-state index in [1.54, 1.807) is 0 Å². The van der Waals surface area contributed by atoms with Gasteiger partial charge in [0.2, 0.25) is 0 Å². The Hall–Kier alpha value is -0.870. The van der Waals surface area contributed by atoms with Crippen molar-refractivity contribution in [2.24, 2.45) is 5.92 Å². The SMILES string of the molecule is CC(C)C[C@@H](c1ccc2ccccc2n1)N1CCNCC1.Cl.Cl. The van der Waals surface area contributed by atoms with Crippen LogP contribution in [0.3, 0.4) is 0 Å². The fourth-order valence-electron chi connectivity index (χ4n) is 3.16. The maximum absolute atomic E-state index is 4.94. The summed E-state index contributed by atoms with van der Waals surface area (Å²) in [5.74, 6) is 0.679. The second kappa shape index (κ2) is 9.43. The Morgan fingerprint density at radius 3 is 2.43 bits per heavy atom. The molecule has 1 N–H and O–H groups in total. The summed E-state index contributed by atoms with van der Waals surface area (Å²) in [6.45, 7) is 9.01. The van der Waals surface area contributed by atoms with Gasteiger partial charge in [0.25, 0.3) is 0 Å². The summed E-state index contributed by atoms with van der Waals surface area (Å²) < 4.78 is 0. The molecule has 1 aromatic carbocycles. The zero-order valence-electron chi connectivity index (χ0n) is 13.9. The number of aromatic nitrogens is 1. The minimum Gasteiger partial charge on any atom is -0.314 e. The number of rotatable bonds is 4. The van der Waals surface area contributed by atoms with E-state index in [-0.39, 0.29) is 24.8 Å². The van der Waals surface area contributed by atoms with Gasteiger partial charge in [0.15, 0.2) is 0 Å². The van der Waals surface area contributed by atoms with Gasteiger partial charge >= 0.3 is 0 Å². The third kappa shape index (κ3) is 5.05. The summed E-state index contributed by atoms with van der Waals surface area (Å²) in [6.07, 6.45) is 1.17. The van der Waals surface area contributed by atoms with Crippen LogP contribution >= 0.6 is 24.8 Å². The Morgan fingerprint density at radius 1 is 1.04 bits per heavy atom. The topological polar surface area (TPSA) is 28.2 Å². The van der Waals surface area contributed by atoms with Gasteiger partial charge in [-0.1, -0.05) is 38.1 Å². The summed E-state index contributed by atoms with van der Waals surface area (Å²) >= 11 is 0. The summed E-state index contributed by atoms with van der Waals surface area (Å²) in [4.78, 5) is 7.53. The Balaban J connectivity index is 0.00000132. The molecular formula is C18H27Cl2N3. The van der Waals surface area contributed by atoms with Crippen molar-refractivity contribution in [1.29, 1.82) is 0 Å². The number of para-hydroxylation sites is 1. The predicted octanol–water partition coefficient (Wildman–Crippen LogP) is 4.07. The maximum atomic E-state index is 4.94. The van der Waals surface area contributed by atoms with E-state index in [9.17, 15) is 0 Å². The van der Waals surface area contributed by atoms with Crippen LogP contribution in [-0.4, -0.2) is 36.1 Å². The van der Waals surface area contributed by atoms with Gasteiger partial charge in [-0.3, -0.25) is 9.88 Å². The Morgan fingerprint density at radius 2 is 1.74 bits per heavy atom. The summed E-state index contributed by atoms with van der Waals surface area (Å²) in [7, 11) is 0. The van der Waals surface area contributed by atoms with Crippen molar-refractivity contribution in [2.45, 2.75) is 26.3 Å². The first-order valence-corrected chi connectivity index (χ1v) is 8.04. The first kappa shape index (κ1) is 20.2. The van der Waals surface area contributed by atoms with Gasteiger partial charge < -0.3 is 5.32 Å². The second-order valence-corrected chi connectivity index (χ2v) is 6.36. The molecule has 1 atom stereocenters. The highest BCUT2D eigenvalue weighted by atomic mass is 35.5. The van der Waals surface area contributed by atoms with E-state index in [2.05, 4.69) is 60.5 Å². The van der Waals surface area contributed by atoms with Gasteiger partial charge in [0.1, 0.15) is 0 Å². The van der Waals surface area contributed by atoms with Crippen LogP contribution in [0.5, 0.6) is 0 Å². The standard InChI is InChI=1S/C18H25N3.2ClH/c1-14(2)13-18(21-11-9-19-10-12-21)17-8-7-15-5-3-4-6-16(15)20-17;;/h3-8,14,18-19H,9-13H2,1-2H3;2*1H/t18-;;/m0../s1. The lowest BCUT2D eigenvalue weighted by Crippen LogP contribution is -2.45. The molecule has 5 heteroatoms. The normalized spacial score (nSPS) is 16.7. The lowest BCUT2D eigenvalue weighted by Gasteiger charge is -2.35. The van der Waals surface area contributed by atoms with Crippen molar-refractivity contribution < 1.29 is 0 Å². The number of benzene rings is 1. The highest BCUT2D eigenvalue weighted by Gasteiger charge is 2.24. The smallest absolute Gasteiger partial charge is 0.0706 e. The molecule has 0 spiro atoms. The number of nitrogens with zero attached hydrogens (tertiary/aromatic N) is 2. The van der Waals surface area contributed by atoms with Crippen molar-refractivity contribution in [2.75, 3.05) is 26.2 Å². The number of fused-ring (bicyclic) bond motifs is 1. The van der Waals surface area contributed by atoms with E-state index in [0.717, 1.165) is 31.7 Å². The highest BCUT2D eigenvalue weighted by molar-refractivity contribution is 5.85. The van der Waals surface area contributed by atoms with Crippen molar-refractivity contribution >= 4 is 35.7 Å². The molecule has 0 radical (unpaired) electrons. The molecule has 128 valence electrons. The molecule has 0 aliphatic carbocycles. The summed E-state index contributed by atoms with van der Waals surface area (Å²) in [6, 6.07) is 13.3. The van der Waals surface area contributed by atoms with Gasteiger partial charge in [-0.15, -0.1) is 24.8 Å². The van der Waals surface area contributed by atoms with Crippen LogP contribution in [-0.2, 0) is 0 Å². The van der Waals surface area contributed by atoms with E-state index >= 15 is 0 Å². The third-order valence-electron chi connectivity index (χ3n) is 4.25. The second-order valence-electron chi connectivity index (χ2n) is 6.36. The molecule has 0 amide bonds. The Bertz CT molecular complexity index is 598. The van der Waals surface area contributed by atoms with Gasteiger partial charge in [0, 0.05) is 31.6 Å². The third-order valence-corrected chi connectivity index (χ3v) is 4.25. The van der Waals surface area contributed by atoms with Gasteiger partial charge in [-0.05, 0) is 24.5 Å². The molecule has 1 aliphatic rings. The van der Waals surface area contributed by atoms with Crippen LogP contribution in [0.1, 0.15) is 32.0 Å². The van der Waals surface area contributed by atoms with Crippen LogP contribution in [0.2, 0.25) is 0 Å². The van der Waals surface area contributed by atoms with E-state index in [4.69, 9.17) is 4.98 Å². The van der Waals surface area contributed by atoms with Crippen LogP contribution in [0.4, 0.5) is 0 Å². The zero-order valence-corrected chi connectivity index (χ0v) is 15.5. The molecule has 0 unspecified atom stereocenters. The van der Waals surface area contributed by atoms with Crippen molar-refractivity contribution in [3.05, 3.63) is 42.1 Å². The molecule has 0 bridgehead atoms. The molecule has 1 aliphatic heterocycles. The first-order valence-electron chi connectivity index (χ1n) is 8.04. The molecule has 1 aromatic heterocycles. The van der Waals surface area contributed by atoms with Crippen molar-refractivity contribution in [1.82, 2.24) is 15.2 Å². The monoisotopic (exact) mass is 355 g/mol. The predicted molar refractivity (Wildman–Crippen MR) is 103 cm³/mol. The summed E-state index contributed by atoms with van der Waals surface area (Å²) in [5.41, 5.74) is 2.34. The number of pyridine rings is 1. The summed E-state index contributed by atoms with van der Waals surface area (Å²) in [5, 5.41) is 4.67. The number of hydrogen-bond donors (Lipinski definition) is 1. The fraction of sp³-hybridized carbons (Fsp3) is 0.500. The van der Waals surface area contributed by atoms with Crippen LogP contribution in [0, 0.1) is 5.92 Å². The van der Waals surface area contributed by atoms with Crippen LogP contribution < -0.4 is 5.32 Å². The van der Waals surface area contributed by atoms with E-state index in [0.29, 0.717) is 12.0 Å². The highest BCUT2D eigenvalue weighted by Crippen LogP contribution is 2.28. The van der Waals surface area contributed by atoms with Gasteiger partial charge in [-0.2, -0.15) is 0 Å². The van der Waals surface area contributed by atoms with Crippen molar-refractivity contribution in [3.8, 4) is 0 Å². The van der Waals surface area contributed by atoms with Crippen LogP contribution in [0.15, 0.2) is 36.4 Å². The molecule has 2 heterocycles. The van der Waals surface area contributed by atoms with E-state index < -0.39 is 0 Å². The molecule has 2 aromatic rings. The van der Waals surface area contributed by atoms with Gasteiger partial charge in [-0.25, -0.2) is 0 Å². The van der Waals surface area contributed by atoms with E-state index in [1.165, 1.54) is 17.5 Å². The first-order chi connectivity index (χ1) is 10.2. The fourth-order valence-corrected chi connectivity index (χ4v) is 3.16. The Labute approximate surface area is 151 Å². The average Bonchev–Trinajstić information content (AvgIpc) is 2.53. The molecule has 3 rings (SSSR count). The molecule has 0 saturated carbocycles. The average molecular weight is 356 g/mol.